The summed E-state index contributed by atoms with van der Waals surface area (Å²) in [5.74, 6) is 0.00858. The summed E-state index contributed by atoms with van der Waals surface area (Å²) >= 11 is 0. The molecule has 26 heavy (non-hydrogen) atoms. The molecule has 6 heteroatoms. The zero-order chi connectivity index (χ0) is 19.4. The molecule has 1 rings (SSSR count). The Morgan fingerprint density at radius 2 is 1.69 bits per heavy atom. The molecule has 0 aromatic heterocycles. The second-order valence-electron chi connectivity index (χ2n) is 6.79. The van der Waals surface area contributed by atoms with Gasteiger partial charge in [0, 0.05) is 50.0 Å². The van der Waals surface area contributed by atoms with Crippen molar-refractivity contribution < 1.29 is 23.4 Å². The van der Waals surface area contributed by atoms with E-state index in [-0.39, 0.29) is 35.9 Å². The molecule has 0 saturated carbocycles. The summed E-state index contributed by atoms with van der Waals surface area (Å²) in [4.78, 5) is 11.4. The summed E-state index contributed by atoms with van der Waals surface area (Å²) < 4.78 is 30.1. The summed E-state index contributed by atoms with van der Waals surface area (Å²) in [6.07, 6.45) is 1.42. The molecule has 0 spiro atoms. The molecule has 1 N–H and O–H groups in total. The fourth-order valence-corrected chi connectivity index (χ4v) is 2.09. The number of Topliss-reactive ketones (excluding diaryl/α,β-unsaturated/α-hetero) is 1. The molecular weight excluding hydrogens is 337 g/mol. The molecule has 0 amide bonds. The molecule has 0 bridgehead atoms. The summed E-state index contributed by atoms with van der Waals surface area (Å²) in [7, 11) is 0. The molecule has 0 aliphatic carbocycles. The Bertz CT molecular complexity index is 535. The van der Waals surface area contributed by atoms with Crippen molar-refractivity contribution in [1.82, 2.24) is 0 Å². The summed E-state index contributed by atoms with van der Waals surface area (Å²) in [5.41, 5.74) is 0.741. The van der Waals surface area contributed by atoms with E-state index in [0.717, 1.165) is 12.1 Å². The Kier molecular flexibility index (Phi) is 10.9. The number of hydrogen-bond acceptors (Lipinski definition) is 5. The first-order chi connectivity index (χ1) is 12.4. The number of halogens is 1. The van der Waals surface area contributed by atoms with Crippen LogP contribution in [0.5, 0.6) is 5.75 Å². The highest BCUT2D eigenvalue weighted by Gasteiger charge is 2.07. The minimum Gasteiger partial charge on any atom is -0.490 e. The van der Waals surface area contributed by atoms with Gasteiger partial charge < -0.3 is 19.5 Å². The van der Waals surface area contributed by atoms with Gasteiger partial charge in [0.05, 0.1) is 6.61 Å². The lowest BCUT2D eigenvalue weighted by Gasteiger charge is -2.12. The first-order valence-electron chi connectivity index (χ1n) is 9.27. The fraction of sp³-hybridized carbons (Fsp3) is 0.650. The minimum atomic E-state index is -0.371. The first-order valence-corrected chi connectivity index (χ1v) is 9.27. The van der Waals surface area contributed by atoms with Crippen LogP contribution < -0.4 is 10.1 Å². The van der Waals surface area contributed by atoms with E-state index >= 15 is 0 Å². The highest BCUT2D eigenvalue weighted by molar-refractivity contribution is 5.81. The van der Waals surface area contributed by atoms with Crippen molar-refractivity contribution in [3.05, 3.63) is 24.0 Å². The smallest absolute Gasteiger partial charge is 0.167 e. The van der Waals surface area contributed by atoms with Gasteiger partial charge in [-0.2, -0.15) is 0 Å². The second kappa shape index (κ2) is 12.7. The maximum absolute atomic E-state index is 13.9. The summed E-state index contributed by atoms with van der Waals surface area (Å²) in [5, 5.41) is 3.14. The zero-order valence-electron chi connectivity index (χ0n) is 16.3. The van der Waals surface area contributed by atoms with Crippen LogP contribution in [0.2, 0.25) is 0 Å². The third-order valence-electron chi connectivity index (χ3n) is 3.54. The molecule has 0 heterocycles. The van der Waals surface area contributed by atoms with Gasteiger partial charge in [-0.25, -0.2) is 4.39 Å². The molecule has 0 aliphatic heterocycles. The molecule has 148 valence electrons. The van der Waals surface area contributed by atoms with E-state index in [2.05, 4.69) is 5.32 Å². The standard InChI is InChI=1S/C20H32FNO4/c1-15(2)19(23)14-25-11-5-9-24-10-6-12-26-20-8-7-17(13-18(20)21)22-16(3)4/h7-8,13,15-16,22H,5-6,9-12,14H2,1-4H3. The van der Waals surface area contributed by atoms with Gasteiger partial charge in [0.2, 0.25) is 0 Å². The van der Waals surface area contributed by atoms with Gasteiger partial charge in [0.25, 0.3) is 0 Å². The van der Waals surface area contributed by atoms with E-state index in [1.54, 1.807) is 12.1 Å². The minimum absolute atomic E-state index is 0.0127. The number of nitrogens with one attached hydrogen (secondary N) is 1. The van der Waals surface area contributed by atoms with Crippen molar-refractivity contribution in [2.24, 2.45) is 5.92 Å². The Labute approximate surface area is 156 Å². The van der Waals surface area contributed by atoms with E-state index in [1.807, 2.05) is 27.7 Å². The molecule has 0 fully saturated rings. The fourth-order valence-electron chi connectivity index (χ4n) is 2.09. The second-order valence-corrected chi connectivity index (χ2v) is 6.79. The lowest BCUT2D eigenvalue weighted by atomic mass is 10.1. The third-order valence-corrected chi connectivity index (χ3v) is 3.54. The normalized spacial score (nSPS) is 11.2. The molecule has 5 nitrogen and oxygen atoms in total. The van der Waals surface area contributed by atoms with E-state index in [9.17, 15) is 9.18 Å². The van der Waals surface area contributed by atoms with Crippen LogP contribution in [-0.4, -0.2) is 44.9 Å². The van der Waals surface area contributed by atoms with Gasteiger partial charge in [-0.3, -0.25) is 4.79 Å². The van der Waals surface area contributed by atoms with E-state index < -0.39 is 0 Å². The highest BCUT2D eigenvalue weighted by atomic mass is 19.1. The predicted molar refractivity (Wildman–Crippen MR) is 101 cm³/mol. The van der Waals surface area contributed by atoms with Crippen LogP contribution in [-0.2, 0) is 14.3 Å². The number of hydrogen-bond donors (Lipinski definition) is 1. The Hall–Kier alpha value is -1.66. The van der Waals surface area contributed by atoms with Crippen LogP contribution in [0.3, 0.4) is 0 Å². The average Bonchev–Trinajstić information content (AvgIpc) is 2.57. The largest absolute Gasteiger partial charge is 0.490 e. The number of carbonyl (C=O) groups is 1. The molecule has 0 aliphatic rings. The van der Waals surface area contributed by atoms with Gasteiger partial charge in [-0.1, -0.05) is 13.8 Å². The van der Waals surface area contributed by atoms with Crippen molar-refractivity contribution in [2.45, 2.75) is 46.6 Å². The van der Waals surface area contributed by atoms with Crippen LogP contribution in [0, 0.1) is 11.7 Å². The number of anilines is 1. The first kappa shape index (κ1) is 22.4. The number of rotatable bonds is 14. The molecule has 0 atom stereocenters. The lowest BCUT2D eigenvalue weighted by Crippen LogP contribution is -2.15. The van der Waals surface area contributed by atoms with E-state index in [0.29, 0.717) is 32.8 Å². The van der Waals surface area contributed by atoms with Gasteiger partial charge in [0.15, 0.2) is 17.3 Å². The molecule has 1 aromatic carbocycles. The van der Waals surface area contributed by atoms with Crippen molar-refractivity contribution in [2.75, 3.05) is 38.4 Å². The van der Waals surface area contributed by atoms with E-state index in [1.165, 1.54) is 6.07 Å². The molecule has 1 aromatic rings. The summed E-state index contributed by atoms with van der Waals surface area (Å²) in [6.45, 7) is 9.91. The molecular formula is C20H32FNO4. The lowest BCUT2D eigenvalue weighted by molar-refractivity contribution is -0.126. The van der Waals surface area contributed by atoms with Crippen molar-refractivity contribution in [3.63, 3.8) is 0 Å². The van der Waals surface area contributed by atoms with Crippen LogP contribution in [0.25, 0.3) is 0 Å². The van der Waals surface area contributed by atoms with Crippen LogP contribution in [0.1, 0.15) is 40.5 Å². The van der Waals surface area contributed by atoms with Gasteiger partial charge >= 0.3 is 0 Å². The number of ether oxygens (including phenoxy) is 3. The van der Waals surface area contributed by atoms with Crippen LogP contribution in [0.4, 0.5) is 10.1 Å². The maximum atomic E-state index is 13.9. The summed E-state index contributed by atoms with van der Waals surface area (Å²) in [6, 6.07) is 5.13. The van der Waals surface area contributed by atoms with Crippen LogP contribution >= 0.6 is 0 Å². The number of ketones is 1. The predicted octanol–water partition coefficient (Wildman–Crippen LogP) is 4.06. The topological polar surface area (TPSA) is 56.8 Å². The monoisotopic (exact) mass is 369 g/mol. The van der Waals surface area contributed by atoms with Gasteiger partial charge in [-0.15, -0.1) is 0 Å². The SMILES string of the molecule is CC(C)Nc1ccc(OCCCOCCCOCC(=O)C(C)C)c(F)c1. The molecule has 0 radical (unpaired) electrons. The highest BCUT2D eigenvalue weighted by Crippen LogP contribution is 2.21. The number of carbonyl (C=O) groups excluding carboxylic acids is 1. The van der Waals surface area contributed by atoms with Gasteiger partial charge in [0.1, 0.15) is 6.61 Å². The number of benzene rings is 1. The maximum Gasteiger partial charge on any atom is 0.167 e. The van der Waals surface area contributed by atoms with Gasteiger partial charge in [-0.05, 0) is 32.4 Å². The Morgan fingerprint density at radius 1 is 1.04 bits per heavy atom. The quantitative estimate of drug-likeness (QED) is 0.501. The van der Waals surface area contributed by atoms with E-state index in [4.69, 9.17) is 14.2 Å². The Balaban J connectivity index is 2.04. The molecule has 0 unspecified atom stereocenters. The zero-order valence-corrected chi connectivity index (χ0v) is 16.3. The molecule has 0 saturated heterocycles. The van der Waals surface area contributed by atoms with Crippen molar-refractivity contribution in [1.29, 1.82) is 0 Å². The Morgan fingerprint density at radius 3 is 2.31 bits per heavy atom. The van der Waals surface area contributed by atoms with Crippen molar-refractivity contribution >= 4 is 11.5 Å². The van der Waals surface area contributed by atoms with Crippen LogP contribution in [0.15, 0.2) is 18.2 Å². The van der Waals surface area contributed by atoms with Crippen molar-refractivity contribution in [3.8, 4) is 5.75 Å². The third kappa shape index (κ3) is 9.73. The average molecular weight is 369 g/mol.